The molecular weight excluding hydrogens is 262 g/mol. The van der Waals surface area contributed by atoms with Crippen molar-refractivity contribution in [3.63, 3.8) is 0 Å². The minimum Gasteiger partial charge on any atom is -0.320 e. The summed E-state index contributed by atoms with van der Waals surface area (Å²) in [6.07, 6.45) is 1.91. The number of imidazole rings is 1. The van der Waals surface area contributed by atoms with Crippen molar-refractivity contribution in [2.24, 2.45) is 0 Å². The van der Waals surface area contributed by atoms with Gasteiger partial charge in [-0.1, -0.05) is 23.8 Å². The second kappa shape index (κ2) is 5.05. The molecule has 0 radical (unpaired) electrons. The molecule has 0 atom stereocenters. The van der Waals surface area contributed by atoms with Crippen LogP contribution in [0.3, 0.4) is 0 Å². The molecule has 0 aliphatic carbocycles. The van der Waals surface area contributed by atoms with Crippen molar-refractivity contribution in [3.8, 4) is 0 Å². The Balaban J connectivity index is 1.98. The molecule has 3 aromatic rings. The molecule has 0 spiro atoms. The number of aromatic nitrogens is 2. The maximum Gasteiger partial charge on any atom is 0.276 e. The average Bonchev–Trinajstić information content (AvgIpc) is 2.80. The largest absolute Gasteiger partial charge is 0.320 e. The molecule has 0 bridgehead atoms. The molecule has 21 heavy (non-hydrogen) atoms. The molecule has 2 aromatic heterocycles. The molecule has 0 aliphatic rings. The van der Waals surface area contributed by atoms with E-state index >= 15 is 0 Å². The molecular formula is C17H17N3O. The summed E-state index contributed by atoms with van der Waals surface area (Å²) in [5.74, 6) is 0.620. The van der Waals surface area contributed by atoms with Gasteiger partial charge in [-0.3, -0.25) is 4.79 Å². The second-order valence-electron chi connectivity index (χ2n) is 5.24. The number of nitrogens with zero attached hydrogens (tertiary/aromatic N) is 2. The second-order valence-corrected chi connectivity index (χ2v) is 5.24. The van der Waals surface area contributed by atoms with Crippen LogP contribution >= 0.6 is 0 Å². The molecule has 0 aliphatic heterocycles. The number of hydrogen-bond donors (Lipinski definition) is 1. The molecule has 0 fully saturated rings. The minimum atomic E-state index is -0.182. The highest BCUT2D eigenvalue weighted by molar-refractivity contribution is 6.07. The maximum atomic E-state index is 12.5. The summed E-state index contributed by atoms with van der Waals surface area (Å²) < 4.78 is 1.91. The van der Waals surface area contributed by atoms with E-state index in [1.807, 2.05) is 67.8 Å². The average molecular weight is 279 g/mol. The van der Waals surface area contributed by atoms with Crippen LogP contribution in [-0.4, -0.2) is 15.3 Å². The van der Waals surface area contributed by atoms with Gasteiger partial charge in [0.2, 0.25) is 0 Å². The first-order valence-corrected chi connectivity index (χ1v) is 6.88. The summed E-state index contributed by atoms with van der Waals surface area (Å²) in [5, 5.41) is 2.94. The number of rotatable bonds is 2. The number of carbonyl (C=O) groups is 1. The van der Waals surface area contributed by atoms with E-state index in [0.717, 1.165) is 22.6 Å². The van der Waals surface area contributed by atoms with Gasteiger partial charge in [-0.25, -0.2) is 4.98 Å². The lowest BCUT2D eigenvalue weighted by atomic mass is 10.1. The van der Waals surface area contributed by atoms with Crippen LogP contribution in [0.1, 0.15) is 27.4 Å². The number of aryl methyl sites for hydroxylation is 3. The smallest absolute Gasteiger partial charge is 0.276 e. The van der Waals surface area contributed by atoms with Crippen molar-refractivity contribution in [1.29, 1.82) is 0 Å². The van der Waals surface area contributed by atoms with Crippen molar-refractivity contribution in [2.45, 2.75) is 20.8 Å². The van der Waals surface area contributed by atoms with Gasteiger partial charge in [-0.2, -0.15) is 0 Å². The minimum absolute atomic E-state index is 0.182. The summed E-state index contributed by atoms with van der Waals surface area (Å²) in [7, 11) is 0. The zero-order valence-corrected chi connectivity index (χ0v) is 12.3. The lowest BCUT2D eigenvalue weighted by Crippen LogP contribution is -2.13. The third kappa shape index (κ3) is 2.40. The van der Waals surface area contributed by atoms with Crippen molar-refractivity contribution < 1.29 is 4.79 Å². The fraction of sp³-hybridized carbons (Fsp3) is 0.176. The fourth-order valence-electron chi connectivity index (χ4n) is 2.49. The Bertz CT molecular complexity index is 833. The standard InChI is InChI=1S/C17H17N3O/c1-11-7-8-14(12(2)10-11)19-17(21)16-15-6-4-5-9-20(15)13(3)18-16/h4-10H,1-3H3,(H,19,21). The summed E-state index contributed by atoms with van der Waals surface area (Å²) in [6, 6.07) is 11.7. The maximum absolute atomic E-state index is 12.5. The zero-order valence-electron chi connectivity index (χ0n) is 12.3. The van der Waals surface area contributed by atoms with E-state index in [-0.39, 0.29) is 5.91 Å². The van der Waals surface area contributed by atoms with Gasteiger partial charge in [0.15, 0.2) is 5.69 Å². The third-order valence-electron chi connectivity index (χ3n) is 3.57. The predicted octanol–water partition coefficient (Wildman–Crippen LogP) is 3.51. The molecule has 2 heterocycles. The first-order chi connectivity index (χ1) is 10.1. The number of hydrogen-bond acceptors (Lipinski definition) is 2. The van der Waals surface area contributed by atoms with Crippen molar-refractivity contribution in [2.75, 3.05) is 5.32 Å². The van der Waals surface area contributed by atoms with Gasteiger partial charge in [0.25, 0.3) is 5.91 Å². The molecule has 4 nitrogen and oxygen atoms in total. The molecule has 1 amide bonds. The van der Waals surface area contributed by atoms with Gasteiger partial charge in [0.05, 0.1) is 5.52 Å². The van der Waals surface area contributed by atoms with Crippen LogP contribution in [0.15, 0.2) is 42.6 Å². The topological polar surface area (TPSA) is 46.4 Å². The van der Waals surface area contributed by atoms with Gasteiger partial charge >= 0.3 is 0 Å². The van der Waals surface area contributed by atoms with Crippen LogP contribution in [0, 0.1) is 20.8 Å². The SMILES string of the molecule is Cc1ccc(NC(=O)c2nc(C)n3ccccc23)c(C)c1. The van der Waals surface area contributed by atoms with Crippen LogP contribution in [-0.2, 0) is 0 Å². The summed E-state index contributed by atoms with van der Waals surface area (Å²) >= 11 is 0. The molecule has 106 valence electrons. The highest BCUT2D eigenvalue weighted by Crippen LogP contribution is 2.19. The highest BCUT2D eigenvalue weighted by Gasteiger charge is 2.16. The summed E-state index contributed by atoms with van der Waals surface area (Å²) in [5.41, 5.74) is 4.31. The number of pyridine rings is 1. The molecule has 1 aromatic carbocycles. The number of amides is 1. The number of benzene rings is 1. The van der Waals surface area contributed by atoms with Gasteiger partial charge in [-0.15, -0.1) is 0 Å². The molecule has 0 saturated carbocycles. The Hall–Kier alpha value is -2.62. The summed E-state index contributed by atoms with van der Waals surface area (Å²) in [4.78, 5) is 16.9. The van der Waals surface area contributed by atoms with Crippen molar-refractivity contribution >= 4 is 17.1 Å². The first kappa shape index (κ1) is 13.4. The molecule has 0 unspecified atom stereocenters. The number of carbonyl (C=O) groups excluding carboxylic acids is 1. The lowest BCUT2D eigenvalue weighted by Gasteiger charge is -2.08. The molecule has 4 heteroatoms. The number of fused-ring (bicyclic) bond motifs is 1. The van der Waals surface area contributed by atoms with E-state index in [0.29, 0.717) is 5.69 Å². The van der Waals surface area contributed by atoms with Crippen LogP contribution in [0.25, 0.3) is 5.52 Å². The normalized spacial score (nSPS) is 10.8. The monoisotopic (exact) mass is 279 g/mol. The zero-order chi connectivity index (χ0) is 15.0. The van der Waals surface area contributed by atoms with E-state index in [2.05, 4.69) is 10.3 Å². The van der Waals surface area contributed by atoms with E-state index in [4.69, 9.17) is 0 Å². The highest BCUT2D eigenvalue weighted by atomic mass is 16.1. The van der Waals surface area contributed by atoms with E-state index < -0.39 is 0 Å². The Kier molecular flexibility index (Phi) is 3.22. The van der Waals surface area contributed by atoms with Crippen molar-refractivity contribution in [3.05, 3.63) is 65.2 Å². The Morgan fingerprint density at radius 1 is 1.14 bits per heavy atom. The fourth-order valence-corrected chi connectivity index (χ4v) is 2.49. The van der Waals surface area contributed by atoms with Gasteiger partial charge in [-0.05, 0) is 44.5 Å². The van der Waals surface area contributed by atoms with E-state index in [1.165, 1.54) is 5.56 Å². The quantitative estimate of drug-likeness (QED) is 0.780. The molecule has 3 rings (SSSR count). The molecule has 1 N–H and O–H groups in total. The van der Waals surface area contributed by atoms with Gasteiger partial charge in [0.1, 0.15) is 5.82 Å². The van der Waals surface area contributed by atoms with E-state index in [1.54, 1.807) is 0 Å². The Morgan fingerprint density at radius 3 is 2.71 bits per heavy atom. The van der Waals surface area contributed by atoms with Crippen LogP contribution in [0.4, 0.5) is 5.69 Å². The van der Waals surface area contributed by atoms with Gasteiger partial charge < -0.3 is 9.72 Å². The van der Waals surface area contributed by atoms with E-state index in [9.17, 15) is 4.79 Å². The van der Waals surface area contributed by atoms with Crippen LogP contribution < -0.4 is 5.32 Å². The van der Waals surface area contributed by atoms with Gasteiger partial charge in [0, 0.05) is 11.9 Å². The first-order valence-electron chi connectivity index (χ1n) is 6.88. The van der Waals surface area contributed by atoms with Crippen LogP contribution in [0.2, 0.25) is 0 Å². The Labute approximate surface area is 123 Å². The van der Waals surface area contributed by atoms with Crippen molar-refractivity contribution in [1.82, 2.24) is 9.38 Å². The number of anilines is 1. The molecule has 0 saturated heterocycles. The third-order valence-corrected chi connectivity index (χ3v) is 3.57. The summed E-state index contributed by atoms with van der Waals surface area (Å²) in [6.45, 7) is 5.91. The van der Waals surface area contributed by atoms with Crippen LogP contribution in [0.5, 0.6) is 0 Å². The Morgan fingerprint density at radius 2 is 1.95 bits per heavy atom. The predicted molar refractivity (Wildman–Crippen MR) is 83.8 cm³/mol. The number of nitrogens with one attached hydrogen (secondary N) is 1. The lowest BCUT2D eigenvalue weighted by molar-refractivity contribution is 0.102.